The number of Topliss-reactive ketones (excluding diaryl/α,β-unsaturated/α-hetero) is 1. The summed E-state index contributed by atoms with van der Waals surface area (Å²) in [5.41, 5.74) is 5.89. The monoisotopic (exact) mass is 210 g/mol. The van der Waals surface area contributed by atoms with Crippen LogP contribution in [0.5, 0.6) is 0 Å². The zero-order valence-electron chi connectivity index (χ0n) is 8.03. The summed E-state index contributed by atoms with van der Waals surface area (Å²) >= 11 is 1.26. The molecule has 14 heavy (non-hydrogen) atoms. The number of rotatable bonds is 3. The van der Waals surface area contributed by atoms with E-state index in [9.17, 15) is 4.79 Å². The molecule has 0 aliphatic heterocycles. The molecule has 1 aliphatic rings. The SMILES string of the molecule is NC1(CC(=O)c2ccns2)CCCC1. The van der Waals surface area contributed by atoms with Crippen molar-refractivity contribution in [1.82, 2.24) is 4.37 Å². The van der Waals surface area contributed by atoms with Gasteiger partial charge in [-0.05, 0) is 30.4 Å². The Bertz CT molecular complexity index is 315. The van der Waals surface area contributed by atoms with Crippen LogP contribution >= 0.6 is 11.5 Å². The van der Waals surface area contributed by atoms with Crippen LogP contribution in [0.3, 0.4) is 0 Å². The van der Waals surface area contributed by atoms with Gasteiger partial charge in [-0.25, -0.2) is 4.37 Å². The van der Waals surface area contributed by atoms with Crippen molar-refractivity contribution in [3.05, 3.63) is 17.1 Å². The first-order valence-electron chi connectivity index (χ1n) is 4.92. The van der Waals surface area contributed by atoms with E-state index in [4.69, 9.17) is 5.73 Å². The largest absolute Gasteiger partial charge is 0.325 e. The fraction of sp³-hybridized carbons (Fsp3) is 0.600. The van der Waals surface area contributed by atoms with E-state index in [2.05, 4.69) is 4.37 Å². The van der Waals surface area contributed by atoms with Gasteiger partial charge in [0.25, 0.3) is 0 Å². The number of aromatic nitrogens is 1. The predicted octanol–water partition coefficient (Wildman–Crippen LogP) is 1.99. The Balaban J connectivity index is 2.01. The normalized spacial score (nSPS) is 19.8. The zero-order valence-corrected chi connectivity index (χ0v) is 8.85. The van der Waals surface area contributed by atoms with Crippen molar-refractivity contribution in [3.63, 3.8) is 0 Å². The smallest absolute Gasteiger partial charge is 0.176 e. The molecule has 1 aromatic heterocycles. The Kier molecular flexibility index (Phi) is 2.65. The Morgan fingerprint density at radius 2 is 2.29 bits per heavy atom. The molecule has 3 nitrogen and oxygen atoms in total. The quantitative estimate of drug-likeness (QED) is 0.776. The van der Waals surface area contributed by atoms with Crippen molar-refractivity contribution in [1.29, 1.82) is 0 Å². The van der Waals surface area contributed by atoms with E-state index in [-0.39, 0.29) is 11.3 Å². The van der Waals surface area contributed by atoms with E-state index in [1.807, 2.05) is 0 Å². The maximum absolute atomic E-state index is 11.8. The summed E-state index contributed by atoms with van der Waals surface area (Å²) in [5.74, 6) is 0.150. The highest BCUT2D eigenvalue weighted by Gasteiger charge is 2.32. The second-order valence-electron chi connectivity index (χ2n) is 4.05. The topological polar surface area (TPSA) is 56.0 Å². The molecule has 0 amide bonds. The third-order valence-corrected chi connectivity index (χ3v) is 3.61. The van der Waals surface area contributed by atoms with Gasteiger partial charge in [-0.15, -0.1) is 0 Å². The molecule has 0 atom stereocenters. The molecule has 0 unspecified atom stereocenters. The number of nitrogens with two attached hydrogens (primary N) is 1. The molecule has 0 aromatic carbocycles. The maximum Gasteiger partial charge on any atom is 0.176 e. The van der Waals surface area contributed by atoms with Crippen LogP contribution in [0.4, 0.5) is 0 Å². The van der Waals surface area contributed by atoms with Gasteiger partial charge >= 0.3 is 0 Å². The number of ketones is 1. The Labute approximate surface area is 87.5 Å². The van der Waals surface area contributed by atoms with Crippen LogP contribution < -0.4 is 5.73 Å². The molecule has 1 saturated carbocycles. The second-order valence-corrected chi connectivity index (χ2v) is 4.88. The van der Waals surface area contributed by atoms with E-state index in [1.165, 1.54) is 11.5 Å². The fourth-order valence-electron chi connectivity index (χ4n) is 2.02. The van der Waals surface area contributed by atoms with Crippen LogP contribution in [0.15, 0.2) is 12.3 Å². The predicted molar refractivity (Wildman–Crippen MR) is 56.4 cm³/mol. The minimum Gasteiger partial charge on any atom is -0.325 e. The summed E-state index contributed by atoms with van der Waals surface area (Å²) in [6, 6.07) is 1.77. The average Bonchev–Trinajstić information content (AvgIpc) is 2.74. The molecule has 76 valence electrons. The second kappa shape index (κ2) is 3.79. The lowest BCUT2D eigenvalue weighted by Gasteiger charge is -2.21. The Morgan fingerprint density at radius 1 is 1.57 bits per heavy atom. The lowest BCUT2D eigenvalue weighted by Crippen LogP contribution is -2.38. The number of carbonyl (C=O) groups is 1. The number of hydrogen-bond donors (Lipinski definition) is 1. The van der Waals surface area contributed by atoms with Crippen LogP contribution in [-0.4, -0.2) is 15.7 Å². The van der Waals surface area contributed by atoms with Crippen molar-refractivity contribution in [3.8, 4) is 0 Å². The minimum absolute atomic E-state index is 0.150. The number of hydrogen-bond acceptors (Lipinski definition) is 4. The molecule has 2 N–H and O–H groups in total. The molecule has 1 aromatic rings. The molecule has 1 heterocycles. The van der Waals surface area contributed by atoms with Gasteiger partial charge in [-0.3, -0.25) is 4.79 Å². The zero-order chi connectivity index (χ0) is 10.0. The van der Waals surface area contributed by atoms with Crippen molar-refractivity contribution >= 4 is 17.3 Å². The van der Waals surface area contributed by atoms with Crippen LogP contribution in [-0.2, 0) is 0 Å². The standard InChI is InChI=1S/C10H14N2OS/c11-10(4-1-2-5-10)7-8(13)9-3-6-12-14-9/h3,6H,1-2,4-5,7,11H2. The molecule has 0 bridgehead atoms. The first-order valence-corrected chi connectivity index (χ1v) is 5.70. The van der Waals surface area contributed by atoms with Crippen molar-refractivity contribution in [2.24, 2.45) is 5.73 Å². The van der Waals surface area contributed by atoms with Gasteiger partial charge < -0.3 is 5.73 Å². The highest BCUT2D eigenvalue weighted by Crippen LogP contribution is 2.31. The lowest BCUT2D eigenvalue weighted by atomic mass is 9.92. The van der Waals surface area contributed by atoms with Gasteiger partial charge in [0.15, 0.2) is 5.78 Å². The molecule has 0 saturated heterocycles. The lowest BCUT2D eigenvalue weighted by molar-refractivity contribution is 0.0956. The summed E-state index contributed by atoms with van der Waals surface area (Å²) in [5, 5.41) is 0. The van der Waals surface area contributed by atoms with Gasteiger partial charge in [-0.2, -0.15) is 0 Å². The number of carbonyl (C=O) groups excluding carboxylic acids is 1. The van der Waals surface area contributed by atoms with Gasteiger partial charge in [0, 0.05) is 18.2 Å². The highest BCUT2D eigenvalue weighted by molar-refractivity contribution is 7.08. The maximum atomic E-state index is 11.8. The van der Waals surface area contributed by atoms with E-state index >= 15 is 0 Å². The molecule has 1 fully saturated rings. The van der Waals surface area contributed by atoms with Crippen molar-refractivity contribution in [2.45, 2.75) is 37.6 Å². The summed E-state index contributed by atoms with van der Waals surface area (Å²) in [7, 11) is 0. The van der Waals surface area contributed by atoms with Gasteiger partial charge in [0.1, 0.15) is 0 Å². The van der Waals surface area contributed by atoms with Crippen LogP contribution in [0, 0.1) is 0 Å². The van der Waals surface area contributed by atoms with Crippen LogP contribution in [0.2, 0.25) is 0 Å². The summed E-state index contributed by atoms with van der Waals surface area (Å²) in [4.78, 5) is 12.5. The summed E-state index contributed by atoms with van der Waals surface area (Å²) < 4.78 is 3.92. The van der Waals surface area contributed by atoms with Gasteiger partial charge in [-0.1, -0.05) is 12.8 Å². The van der Waals surface area contributed by atoms with Gasteiger partial charge in [0.2, 0.25) is 0 Å². The Hall–Kier alpha value is -0.740. The minimum atomic E-state index is -0.235. The first-order chi connectivity index (χ1) is 6.70. The highest BCUT2D eigenvalue weighted by atomic mass is 32.1. The Morgan fingerprint density at radius 3 is 2.86 bits per heavy atom. The van der Waals surface area contributed by atoms with Crippen LogP contribution in [0.1, 0.15) is 41.8 Å². The van der Waals surface area contributed by atoms with Crippen molar-refractivity contribution < 1.29 is 4.79 Å². The van der Waals surface area contributed by atoms with E-state index in [0.717, 1.165) is 30.6 Å². The summed E-state index contributed by atoms with van der Waals surface area (Å²) in [6.45, 7) is 0. The van der Waals surface area contributed by atoms with Crippen molar-refractivity contribution in [2.75, 3.05) is 0 Å². The fourth-order valence-corrected chi connectivity index (χ4v) is 2.55. The third kappa shape index (κ3) is 2.01. The van der Waals surface area contributed by atoms with Gasteiger partial charge in [0.05, 0.1) is 4.88 Å². The number of nitrogens with zero attached hydrogens (tertiary/aromatic N) is 1. The molecular formula is C10H14N2OS. The molecule has 1 aliphatic carbocycles. The van der Waals surface area contributed by atoms with E-state index in [1.54, 1.807) is 12.3 Å². The molecule has 0 radical (unpaired) electrons. The first kappa shape index (κ1) is 9.80. The molecule has 2 rings (SSSR count). The molecular weight excluding hydrogens is 196 g/mol. The third-order valence-electron chi connectivity index (χ3n) is 2.82. The summed E-state index contributed by atoms with van der Waals surface area (Å²) in [6.07, 6.45) is 6.43. The molecule has 4 heteroatoms. The van der Waals surface area contributed by atoms with Crippen LogP contribution in [0.25, 0.3) is 0 Å². The average molecular weight is 210 g/mol. The van der Waals surface area contributed by atoms with E-state index in [0.29, 0.717) is 6.42 Å². The van der Waals surface area contributed by atoms with E-state index < -0.39 is 0 Å². The molecule has 0 spiro atoms.